The minimum atomic E-state index is -2.72. The zero-order valence-electron chi connectivity index (χ0n) is 8.91. The van der Waals surface area contributed by atoms with E-state index in [4.69, 9.17) is 5.11 Å². The molecule has 0 atom stereocenters. The van der Waals surface area contributed by atoms with Gasteiger partial charge in [-0.3, -0.25) is 0 Å². The van der Waals surface area contributed by atoms with Crippen LogP contribution in [0.25, 0.3) is 0 Å². The molecule has 2 amide bonds. The van der Waals surface area contributed by atoms with Crippen LogP contribution in [0.4, 0.5) is 23.7 Å². The fourth-order valence-electron chi connectivity index (χ4n) is 1.14. The Hall–Kier alpha value is -2.25. The molecule has 0 radical (unpaired) electrons. The van der Waals surface area contributed by atoms with Crippen molar-refractivity contribution in [2.45, 2.75) is 6.43 Å². The van der Waals surface area contributed by atoms with Gasteiger partial charge in [-0.2, -0.15) is 0 Å². The second kappa shape index (κ2) is 5.89. The number of rotatable bonds is 4. The minimum Gasteiger partial charge on any atom is -0.478 e. The highest BCUT2D eigenvalue weighted by atomic mass is 19.3. The van der Waals surface area contributed by atoms with E-state index < -0.39 is 36.4 Å². The molecule has 0 aliphatic heterocycles. The molecule has 5 nitrogen and oxygen atoms in total. The standard InChI is InChI=1S/C10H9F3N2O3/c11-5-1-2-7(6(3-5)9(16)17)15-10(18)14-4-8(12)13/h1-3,8H,4H2,(H,16,17)(H2,14,15,18). The van der Waals surface area contributed by atoms with Crippen LogP contribution in [0.1, 0.15) is 10.4 Å². The van der Waals surface area contributed by atoms with E-state index in [1.807, 2.05) is 10.6 Å². The monoisotopic (exact) mass is 262 g/mol. The molecule has 0 spiro atoms. The summed E-state index contributed by atoms with van der Waals surface area (Å²) in [5.41, 5.74) is -0.655. The smallest absolute Gasteiger partial charge is 0.337 e. The van der Waals surface area contributed by atoms with E-state index in [0.717, 1.165) is 12.1 Å². The maximum atomic E-state index is 12.8. The number of amides is 2. The third-order valence-corrected chi connectivity index (χ3v) is 1.88. The highest BCUT2D eigenvalue weighted by molar-refractivity contribution is 5.99. The molecule has 98 valence electrons. The van der Waals surface area contributed by atoms with E-state index in [2.05, 4.69) is 0 Å². The topological polar surface area (TPSA) is 78.4 Å². The lowest BCUT2D eigenvalue weighted by Gasteiger charge is -2.09. The summed E-state index contributed by atoms with van der Waals surface area (Å²) in [6.07, 6.45) is -2.72. The Bertz CT molecular complexity index is 466. The van der Waals surface area contributed by atoms with Crippen LogP contribution in [0.15, 0.2) is 18.2 Å². The largest absolute Gasteiger partial charge is 0.478 e. The molecule has 0 unspecified atom stereocenters. The summed E-state index contributed by atoms with van der Waals surface area (Å²) in [6.45, 7) is -0.866. The van der Waals surface area contributed by atoms with Crippen LogP contribution in [-0.4, -0.2) is 30.1 Å². The summed E-state index contributed by atoms with van der Waals surface area (Å²) in [5, 5.41) is 12.6. The number of carboxylic acids is 1. The van der Waals surface area contributed by atoms with E-state index in [1.54, 1.807) is 0 Å². The molecule has 0 bridgehead atoms. The quantitative estimate of drug-likeness (QED) is 0.775. The zero-order chi connectivity index (χ0) is 13.7. The molecule has 3 N–H and O–H groups in total. The molecule has 0 aromatic heterocycles. The van der Waals surface area contributed by atoms with Crippen LogP contribution in [0, 0.1) is 5.82 Å². The number of aromatic carboxylic acids is 1. The van der Waals surface area contributed by atoms with Crippen molar-refractivity contribution in [2.24, 2.45) is 0 Å². The Kier molecular flexibility index (Phi) is 4.52. The predicted molar refractivity (Wildman–Crippen MR) is 56.4 cm³/mol. The summed E-state index contributed by atoms with van der Waals surface area (Å²) in [4.78, 5) is 21.9. The van der Waals surface area contributed by atoms with Gasteiger partial charge < -0.3 is 15.7 Å². The number of benzene rings is 1. The molecule has 18 heavy (non-hydrogen) atoms. The Balaban J connectivity index is 2.78. The van der Waals surface area contributed by atoms with Crippen molar-refractivity contribution in [3.63, 3.8) is 0 Å². The molecule has 1 aromatic rings. The van der Waals surface area contributed by atoms with Gasteiger partial charge in [-0.1, -0.05) is 0 Å². The fraction of sp³-hybridized carbons (Fsp3) is 0.200. The first kappa shape index (κ1) is 13.8. The van der Waals surface area contributed by atoms with Gasteiger partial charge in [0.25, 0.3) is 6.43 Å². The van der Waals surface area contributed by atoms with E-state index in [1.165, 1.54) is 0 Å². The normalized spacial score (nSPS) is 10.2. The number of carbonyl (C=O) groups excluding carboxylic acids is 1. The first-order chi connectivity index (χ1) is 8.40. The van der Waals surface area contributed by atoms with Gasteiger partial charge in [0.05, 0.1) is 17.8 Å². The second-order valence-electron chi connectivity index (χ2n) is 3.22. The predicted octanol–water partition coefficient (Wildman–Crippen LogP) is 1.91. The molecule has 0 heterocycles. The molecule has 1 rings (SSSR count). The fourth-order valence-corrected chi connectivity index (χ4v) is 1.14. The first-order valence-electron chi connectivity index (χ1n) is 4.76. The molecular formula is C10H9F3N2O3. The van der Waals surface area contributed by atoms with Gasteiger partial charge >= 0.3 is 12.0 Å². The third-order valence-electron chi connectivity index (χ3n) is 1.88. The minimum absolute atomic E-state index is 0.185. The van der Waals surface area contributed by atoms with Crippen molar-refractivity contribution in [2.75, 3.05) is 11.9 Å². The maximum absolute atomic E-state index is 12.8. The summed E-state index contributed by atoms with van der Waals surface area (Å²) in [7, 11) is 0. The number of halogens is 3. The van der Waals surface area contributed by atoms with E-state index >= 15 is 0 Å². The summed E-state index contributed by atoms with van der Waals surface area (Å²) >= 11 is 0. The first-order valence-corrected chi connectivity index (χ1v) is 4.76. The van der Waals surface area contributed by atoms with Crippen LogP contribution in [-0.2, 0) is 0 Å². The highest BCUT2D eigenvalue weighted by Crippen LogP contribution is 2.16. The van der Waals surface area contributed by atoms with Crippen LogP contribution in [0.3, 0.4) is 0 Å². The average Bonchev–Trinajstić information content (AvgIpc) is 2.28. The van der Waals surface area contributed by atoms with Crippen LogP contribution in [0.5, 0.6) is 0 Å². The Labute approximate surface area is 99.6 Å². The Morgan fingerprint density at radius 2 is 2.00 bits per heavy atom. The number of carboxylic acid groups (broad SMARTS) is 1. The lowest BCUT2D eigenvalue weighted by Crippen LogP contribution is -2.33. The number of alkyl halides is 2. The van der Waals surface area contributed by atoms with E-state index in [-0.39, 0.29) is 5.69 Å². The van der Waals surface area contributed by atoms with Crippen molar-refractivity contribution in [1.82, 2.24) is 5.32 Å². The molecule has 0 aliphatic rings. The number of hydrogen-bond acceptors (Lipinski definition) is 2. The Morgan fingerprint density at radius 1 is 1.33 bits per heavy atom. The van der Waals surface area contributed by atoms with Gasteiger partial charge in [0, 0.05) is 0 Å². The lowest BCUT2D eigenvalue weighted by molar-refractivity contribution is 0.0697. The van der Waals surface area contributed by atoms with Crippen molar-refractivity contribution in [3.8, 4) is 0 Å². The van der Waals surface area contributed by atoms with Crippen molar-refractivity contribution in [3.05, 3.63) is 29.6 Å². The molecule has 0 saturated heterocycles. The van der Waals surface area contributed by atoms with Gasteiger partial charge in [0.1, 0.15) is 5.82 Å². The highest BCUT2D eigenvalue weighted by Gasteiger charge is 2.14. The third kappa shape index (κ3) is 3.96. The molecule has 0 aliphatic carbocycles. The number of carbonyl (C=O) groups is 2. The van der Waals surface area contributed by atoms with E-state index in [9.17, 15) is 22.8 Å². The molecular weight excluding hydrogens is 253 g/mol. The molecule has 0 saturated carbocycles. The van der Waals surface area contributed by atoms with Crippen LogP contribution < -0.4 is 10.6 Å². The average molecular weight is 262 g/mol. The summed E-state index contributed by atoms with van der Waals surface area (Å²) in [5.74, 6) is -2.23. The van der Waals surface area contributed by atoms with Gasteiger partial charge in [0.15, 0.2) is 0 Å². The molecule has 8 heteroatoms. The van der Waals surface area contributed by atoms with Crippen molar-refractivity contribution >= 4 is 17.7 Å². The molecule has 0 fully saturated rings. The van der Waals surface area contributed by atoms with Gasteiger partial charge in [0.2, 0.25) is 0 Å². The second-order valence-corrected chi connectivity index (χ2v) is 3.22. The van der Waals surface area contributed by atoms with Gasteiger partial charge in [-0.25, -0.2) is 22.8 Å². The van der Waals surface area contributed by atoms with Crippen molar-refractivity contribution in [1.29, 1.82) is 0 Å². The van der Waals surface area contributed by atoms with Gasteiger partial charge in [-0.15, -0.1) is 0 Å². The molecule has 1 aromatic carbocycles. The Morgan fingerprint density at radius 3 is 2.56 bits per heavy atom. The number of urea groups is 1. The number of nitrogens with one attached hydrogen (secondary N) is 2. The maximum Gasteiger partial charge on any atom is 0.337 e. The van der Waals surface area contributed by atoms with Gasteiger partial charge in [-0.05, 0) is 18.2 Å². The van der Waals surface area contributed by atoms with Crippen LogP contribution in [0.2, 0.25) is 0 Å². The van der Waals surface area contributed by atoms with Crippen LogP contribution >= 0.6 is 0 Å². The zero-order valence-corrected chi connectivity index (χ0v) is 8.91. The SMILES string of the molecule is O=C(NCC(F)F)Nc1ccc(F)cc1C(=O)O. The van der Waals surface area contributed by atoms with Crippen molar-refractivity contribution < 1.29 is 27.9 Å². The number of anilines is 1. The lowest BCUT2D eigenvalue weighted by atomic mass is 10.2. The summed E-state index contributed by atoms with van der Waals surface area (Å²) < 4.78 is 36.4. The van der Waals surface area contributed by atoms with E-state index in [0.29, 0.717) is 6.07 Å². The summed E-state index contributed by atoms with van der Waals surface area (Å²) in [6, 6.07) is 1.69. The number of hydrogen-bond donors (Lipinski definition) is 3.